The minimum Gasteiger partial charge on any atom is -0.209 e. The van der Waals surface area contributed by atoms with Crippen molar-refractivity contribution in [2.75, 3.05) is 0 Å². The molecule has 0 spiro atoms. The zero-order valence-corrected chi connectivity index (χ0v) is 4.78. The number of nitriles is 1. The summed E-state index contributed by atoms with van der Waals surface area (Å²) in [5.41, 5.74) is -1.49. The number of hydrogen-bond acceptors (Lipinski definition) is 1. The average Bonchev–Trinajstić information content (AvgIpc) is 1.67. The van der Waals surface area contributed by atoms with Crippen molar-refractivity contribution in [3.63, 3.8) is 0 Å². The van der Waals surface area contributed by atoms with Gasteiger partial charge < -0.3 is 0 Å². The fourth-order valence-electron chi connectivity index (χ4n) is 0.0488. The lowest BCUT2D eigenvalue weighted by atomic mass is 9.97. The molecule has 0 aromatic rings. The molecule has 46 valence electrons. The standard InChI is InChI=1S/C5H7F2N/c1-5(2,3-8)4(6)7/h4H,1-2H3. The monoisotopic (exact) mass is 119 g/mol. The molecule has 0 bridgehead atoms. The Bertz CT molecular complexity index is 112. The van der Waals surface area contributed by atoms with Gasteiger partial charge in [0.1, 0.15) is 5.41 Å². The van der Waals surface area contributed by atoms with Crippen molar-refractivity contribution >= 4 is 0 Å². The molecule has 0 atom stereocenters. The van der Waals surface area contributed by atoms with Gasteiger partial charge in [0.15, 0.2) is 0 Å². The summed E-state index contributed by atoms with van der Waals surface area (Å²) in [4.78, 5) is 0. The maximum absolute atomic E-state index is 11.6. The van der Waals surface area contributed by atoms with Gasteiger partial charge in [0.05, 0.1) is 6.07 Å². The zero-order valence-electron chi connectivity index (χ0n) is 4.78. The Morgan fingerprint density at radius 3 is 1.88 bits per heavy atom. The Morgan fingerprint density at radius 1 is 1.50 bits per heavy atom. The van der Waals surface area contributed by atoms with Crippen LogP contribution in [0, 0.1) is 16.7 Å². The van der Waals surface area contributed by atoms with Crippen LogP contribution >= 0.6 is 0 Å². The van der Waals surface area contributed by atoms with Crippen molar-refractivity contribution in [1.82, 2.24) is 0 Å². The Kier molecular flexibility index (Phi) is 1.91. The van der Waals surface area contributed by atoms with Crippen LogP contribution in [0.2, 0.25) is 0 Å². The van der Waals surface area contributed by atoms with Gasteiger partial charge in [-0.3, -0.25) is 0 Å². The zero-order chi connectivity index (χ0) is 6.78. The quantitative estimate of drug-likeness (QED) is 0.516. The van der Waals surface area contributed by atoms with E-state index in [-0.39, 0.29) is 0 Å². The first-order chi connectivity index (χ1) is 3.50. The number of hydrogen-bond donors (Lipinski definition) is 0. The molecule has 1 nitrogen and oxygen atoms in total. The fraction of sp³-hybridized carbons (Fsp3) is 0.800. The second-order valence-corrected chi connectivity index (χ2v) is 2.13. The summed E-state index contributed by atoms with van der Waals surface area (Å²) in [5.74, 6) is 0. The van der Waals surface area contributed by atoms with Crippen LogP contribution in [-0.4, -0.2) is 6.43 Å². The largest absolute Gasteiger partial charge is 0.256 e. The molecule has 0 aliphatic carbocycles. The van der Waals surface area contributed by atoms with Crippen LogP contribution in [0.4, 0.5) is 8.78 Å². The molecule has 0 N–H and O–H groups in total. The third-order valence-electron chi connectivity index (χ3n) is 0.834. The molecule has 0 rings (SSSR count). The topological polar surface area (TPSA) is 23.8 Å². The third-order valence-corrected chi connectivity index (χ3v) is 0.834. The predicted molar refractivity (Wildman–Crippen MR) is 25.4 cm³/mol. The lowest BCUT2D eigenvalue weighted by molar-refractivity contribution is 0.0558. The molecule has 0 aliphatic heterocycles. The van der Waals surface area contributed by atoms with E-state index in [0.29, 0.717) is 0 Å². The Balaban J connectivity index is 3.97. The summed E-state index contributed by atoms with van der Waals surface area (Å²) >= 11 is 0. The number of nitrogens with zero attached hydrogens (tertiary/aromatic N) is 1. The van der Waals surface area contributed by atoms with Gasteiger partial charge in [0.2, 0.25) is 0 Å². The second kappa shape index (κ2) is 2.08. The highest BCUT2D eigenvalue weighted by molar-refractivity contribution is 4.93. The highest BCUT2D eigenvalue weighted by atomic mass is 19.3. The van der Waals surface area contributed by atoms with Gasteiger partial charge >= 0.3 is 0 Å². The average molecular weight is 119 g/mol. The van der Waals surface area contributed by atoms with Gasteiger partial charge in [-0.25, -0.2) is 8.78 Å². The molecule has 0 saturated carbocycles. The molecule has 0 heterocycles. The molecule has 0 aromatic heterocycles. The Morgan fingerprint density at radius 2 is 1.88 bits per heavy atom. The summed E-state index contributed by atoms with van der Waals surface area (Å²) in [6, 6.07) is 1.49. The van der Waals surface area contributed by atoms with Gasteiger partial charge in [-0.05, 0) is 13.8 Å². The molecule has 0 unspecified atom stereocenters. The normalized spacial score (nSPS) is 11.5. The smallest absolute Gasteiger partial charge is 0.209 e. The molecule has 0 aliphatic rings. The van der Waals surface area contributed by atoms with Crippen LogP contribution < -0.4 is 0 Å². The van der Waals surface area contributed by atoms with Crippen molar-refractivity contribution in [1.29, 1.82) is 5.26 Å². The highest BCUT2D eigenvalue weighted by Crippen LogP contribution is 2.22. The van der Waals surface area contributed by atoms with E-state index < -0.39 is 11.8 Å². The summed E-state index contributed by atoms with van der Waals surface area (Å²) < 4.78 is 23.2. The van der Waals surface area contributed by atoms with E-state index in [0.717, 1.165) is 0 Å². The molecule has 3 heteroatoms. The highest BCUT2D eigenvalue weighted by Gasteiger charge is 2.28. The summed E-state index contributed by atoms with van der Waals surface area (Å²) in [6.07, 6.45) is -2.55. The second-order valence-electron chi connectivity index (χ2n) is 2.13. The number of halogens is 2. The molecule has 0 fully saturated rings. The van der Waals surface area contributed by atoms with Crippen molar-refractivity contribution in [2.45, 2.75) is 20.3 Å². The lowest BCUT2D eigenvalue weighted by Gasteiger charge is -2.11. The van der Waals surface area contributed by atoms with Crippen LogP contribution in [0.5, 0.6) is 0 Å². The van der Waals surface area contributed by atoms with E-state index in [9.17, 15) is 8.78 Å². The predicted octanol–water partition coefficient (Wildman–Crippen LogP) is 1.80. The number of alkyl halides is 2. The van der Waals surface area contributed by atoms with Crippen LogP contribution in [0.3, 0.4) is 0 Å². The van der Waals surface area contributed by atoms with E-state index >= 15 is 0 Å². The lowest BCUT2D eigenvalue weighted by Crippen LogP contribution is -2.18. The molecule has 8 heavy (non-hydrogen) atoms. The van der Waals surface area contributed by atoms with Gasteiger partial charge in [0, 0.05) is 0 Å². The van der Waals surface area contributed by atoms with Crippen LogP contribution in [0.15, 0.2) is 0 Å². The summed E-state index contributed by atoms with van der Waals surface area (Å²) in [5, 5.41) is 8.03. The minimum absolute atomic E-state index is 1.21. The summed E-state index contributed by atoms with van der Waals surface area (Å²) in [7, 11) is 0. The first kappa shape index (κ1) is 7.35. The van der Waals surface area contributed by atoms with Crippen molar-refractivity contribution in [2.24, 2.45) is 5.41 Å². The van der Waals surface area contributed by atoms with Crippen LogP contribution in [0.25, 0.3) is 0 Å². The SMILES string of the molecule is CC(C)(C#N)C(F)F. The van der Waals surface area contributed by atoms with E-state index in [1.807, 2.05) is 0 Å². The first-order valence-corrected chi connectivity index (χ1v) is 2.20. The van der Waals surface area contributed by atoms with Crippen LogP contribution in [-0.2, 0) is 0 Å². The Hall–Kier alpha value is -0.650. The molecule has 0 aromatic carbocycles. The molecule has 0 saturated heterocycles. The number of rotatable bonds is 1. The maximum Gasteiger partial charge on any atom is 0.256 e. The fourth-order valence-corrected chi connectivity index (χ4v) is 0.0488. The minimum atomic E-state index is -2.55. The van der Waals surface area contributed by atoms with Gasteiger partial charge in [-0.15, -0.1) is 0 Å². The maximum atomic E-state index is 11.6. The van der Waals surface area contributed by atoms with Gasteiger partial charge in [-0.2, -0.15) is 5.26 Å². The van der Waals surface area contributed by atoms with Crippen LogP contribution in [0.1, 0.15) is 13.8 Å². The third kappa shape index (κ3) is 1.45. The van der Waals surface area contributed by atoms with E-state index in [1.165, 1.54) is 19.9 Å². The molecule has 0 amide bonds. The molecular formula is C5H7F2N. The molecule has 0 radical (unpaired) electrons. The van der Waals surface area contributed by atoms with E-state index in [2.05, 4.69) is 0 Å². The van der Waals surface area contributed by atoms with Gasteiger partial charge in [-0.1, -0.05) is 0 Å². The first-order valence-electron chi connectivity index (χ1n) is 2.20. The Labute approximate surface area is 46.9 Å². The molecular weight excluding hydrogens is 112 g/mol. The van der Waals surface area contributed by atoms with Crippen molar-refractivity contribution < 1.29 is 8.78 Å². The van der Waals surface area contributed by atoms with E-state index in [1.54, 1.807) is 0 Å². The van der Waals surface area contributed by atoms with Crippen molar-refractivity contribution in [3.8, 4) is 6.07 Å². The van der Waals surface area contributed by atoms with E-state index in [4.69, 9.17) is 5.26 Å². The van der Waals surface area contributed by atoms with Crippen molar-refractivity contribution in [3.05, 3.63) is 0 Å². The van der Waals surface area contributed by atoms with Gasteiger partial charge in [0.25, 0.3) is 6.43 Å². The summed E-state index contributed by atoms with van der Waals surface area (Å²) in [6.45, 7) is 2.41.